The van der Waals surface area contributed by atoms with Gasteiger partial charge >= 0.3 is 5.97 Å². The fraction of sp³-hybridized carbons (Fsp3) is 0.312. The molecular formula is C16H18N2O5. The molecule has 7 heteroatoms. The highest BCUT2D eigenvalue weighted by atomic mass is 16.5. The number of ether oxygens (including phenoxy) is 1. The minimum Gasteiger partial charge on any atom is -0.482 e. The maximum atomic E-state index is 12.3. The lowest BCUT2D eigenvalue weighted by Gasteiger charge is -2.16. The zero-order chi connectivity index (χ0) is 17.0. The molecule has 2 aromatic rings. The SMILES string of the molecule is Cc1nc(C)c(C(=O)N(C)Cc2ccc(OCC(=O)O)cc2)o1. The minimum atomic E-state index is -1.03. The van der Waals surface area contributed by atoms with Crippen LogP contribution < -0.4 is 4.74 Å². The number of amides is 1. The first-order valence-electron chi connectivity index (χ1n) is 7.00. The molecule has 0 atom stereocenters. The highest BCUT2D eigenvalue weighted by Crippen LogP contribution is 2.16. The van der Waals surface area contributed by atoms with Crippen LogP contribution >= 0.6 is 0 Å². The molecule has 2 rings (SSSR count). The largest absolute Gasteiger partial charge is 0.482 e. The summed E-state index contributed by atoms with van der Waals surface area (Å²) in [6.45, 7) is 3.42. The molecule has 0 fully saturated rings. The zero-order valence-electron chi connectivity index (χ0n) is 13.2. The first kappa shape index (κ1) is 16.5. The second-order valence-corrected chi connectivity index (χ2v) is 5.13. The quantitative estimate of drug-likeness (QED) is 0.876. The number of aryl methyl sites for hydroxylation is 2. The van der Waals surface area contributed by atoms with Crippen molar-refractivity contribution < 1.29 is 23.8 Å². The smallest absolute Gasteiger partial charge is 0.341 e. The van der Waals surface area contributed by atoms with Crippen LogP contribution in [0.4, 0.5) is 0 Å². The van der Waals surface area contributed by atoms with Crippen LogP contribution in [-0.4, -0.2) is 40.5 Å². The molecule has 0 aliphatic carbocycles. The molecular weight excluding hydrogens is 300 g/mol. The van der Waals surface area contributed by atoms with Gasteiger partial charge in [0.25, 0.3) is 5.91 Å². The van der Waals surface area contributed by atoms with E-state index in [1.54, 1.807) is 45.2 Å². The summed E-state index contributed by atoms with van der Waals surface area (Å²) >= 11 is 0. The van der Waals surface area contributed by atoms with Crippen molar-refractivity contribution in [2.24, 2.45) is 0 Å². The van der Waals surface area contributed by atoms with Crippen LogP contribution in [0, 0.1) is 13.8 Å². The highest BCUT2D eigenvalue weighted by molar-refractivity contribution is 5.92. The summed E-state index contributed by atoms with van der Waals surface area (Å²) in [5.74, 6) is -0.108. The summed E-state index contributed by atoms with van der Waals surface area (Å²) in [5.41, 5.74) is 1.45. The number of rotatable bonds is 6. The Balaban J connectivity index is 1.99. The lowest BCUT2D eigenvalue weighted by Crippen LogP contribution is -2.26. The Bertz CT molecular complexity index is 706. The fourth-order valence-electron chi connectivity index (χ4n) is 2.08. The Morgan fingerprint density at radius 1 is 1.26 bits per heavy atom. The van der Waals surface area contributed by atoms with Gasteiger partial charge < -0.3 is 19.2 Å². The lowest BCUT2D eigenvalue weighted by atomic mass is 10.2. The van der Waals surface area contributed by atoms with Crippen LogP contribution in [0.15, 0.2) is 28.7 Å². The maximum Gasteiger partial charge on any atom is 0.341 e. The molecule has 0 unspecified atom stereocenters. The van der Waals surface area contributed by atoms with Crippen LogP contribution in [0.3, 0.4) is 0 Å². The second-order valence-electron chi connectivity index (χ2n) is 5.13. The lowest BCUT2D eigenvalue weighted by molar-refractivity contribution is -0.139. The first-order valence-corrected chi connectivity index (χ1v) is 7.00. The topological polar surface area (TPSA) is 92.9 Å². The van der Waals surface area contributed by atoms with E-state index in [1.807, 2.05) is 0 Å². The molecule has 0 aliphatic heterocycles. The average molecular weight is 318 g/mol. The standard InChI is InChI=1S/C16H18N2O5/c1-10-15(23-11(2)17-10)16(21)18(3)8-12-4-6-13(7-5-12)22-9-14(19)20/h4-7H,8-9H2,1-3H3,(H,19,20). The van der Waals surface area contributed by atoms with Gasteiger partial charge in [0.05, 0.1) is 5.69 Å². The third-order valence-electron chi connectivity index (χ3n) is 3.15. The minimum absolute atomic E-state index is 0.241. The Morgan fingerprint density at radius 3 is 2.43 bits per heavy atom. The van der Waals surface area contributed by atoms with Crippen molar-refractivity contribution in [3.8, 4) is 5.75 Å². The van der Waals surface area contributed by atoms with Crippen molar-refractivity contribution >= 4 is 11.9 Å². The van der Waals surface area contributed by atoms with Gasteiger partial charge in [0, 0.05) is 20.5 Å². The molecule has 1 N–H and O–H groups in total. The van der Waals surface area contributed by atoms with Crippen LogP contribution in [0.1, 0.15) is 27.7 Å². The normalized spacial score (nSPS) is 10.4. The third-order valence-corrected chi connectivity index (χ3v) is 3.15. The van der Waals surface area contributed by atoms with Gasteiger partial charge in [-0.05, 0) is 24.6 Å². The summed E-state index contributed by atoms with van der Waals surface area (Å²) in [4.78, 5) is 28.4. The summed E-state index contributed by atoms with van der Waals surface area (Å²) in [5, 5.41) is 8.56. The number of carbonyl (C=O) groups is 2. The number of aromatic nitrogens is 1. The number of carboxylic acid groups (broad SMARTS) is 1. The van der Waals surface area contributed by atoms with Crippen molar-refractivity contribution in [1.29, 1.82) is 0 Å². The molecule has 0 saturated heterocycles. The Labute approximate surface area is 133 Å². The van der Waals surface area contributed by atoms with E-state index in [-0.39, 0.29) is 18.3 Å². The van der Waals surface area contributed by atoms with E-state index >= 15 is 0 Å². The van der Waals surface area contributed by atoms with Gasteiger partial charge in [-0.3, -0.25) is 4.79 Å². The fourth-order valence-corrected chi connectivity index (χ4v) is 2.08. The molecule has 1 heterocycles. The van der Waals surface area contributed by atoms with E-state index in [9.17, 15) is 9.59 Å². The highest BCUT2D eigenvalue weighted by Gasteiger charge is 2.20. The number of carbonyl (C=O) groups excluding carboxylic acids is 1. The maximum absolute atomic E-state index is 12.3. The molecule has 0 aliphatic rings. The number of benzene rings is 1. The van der Waals surface area contributed by atoms with Crippen molar-refractivity contribution in [2.45, 2.75) is 20.4 Å². The van der Waals surface area contributed by atoms with Crippen molar-refractivity contribution in [2.75, 3.05) is 13.7 Å². The number of aliphatic carboxylic acids is 1. The Morgan fingerprint density at radius 2 is 1.91 bits per heavy atom. The Kier molecular flexibility index (Phi) is 5.00. The molecule has 7 nitrogen and oxygen atoms in total. The van der Waals surface area contributed by atoms with Gasteiger partial charge in [-0.25, -0.2) is 9.78 Å². The number of hydrogen-bond donors (Lipinski definition) is 1. The van der Waals surface area contributed by atoms with Crippen LogP contribution in [0.2, 0.25) is 0 Å². The molecule has 1 aromatic carbocycles. The van der Waals surface area contributed by atoms with E-state index in [1.165, 1.54) is 4.90 Å². The summed E-state index contributed by atoms with van der Waals surface area (Å²) in [7, 11) is 1.68. The van der Waals surface area contributed by atoms with E-state index in [0.717, 1.165) is 5.56 Å². The van der Waals surface area contributed by atoms with Gasteiger partial charge in [-0.15, -0.1) is 0 Å². The average Bonchev–Trinajstić information content (AvgIpc) is 2.84. The number of nitrogens with zero attached hydrogens (tertiary/aromatic N) is 2. The number of carboxylic acids is 1. The molecule has 23 heavy (non-hydrogen) atoms. The summed E-state index contributed by atoms with van der Waals surface area (Å²) in [6.07, 6.45) is 0. The van der Waals surface area contributed by atoms with Crippen LogP contribution in [0.25, 0.3) is 0 Å². The van der Waals surface area contributed by atoms with Crippen molar-refractivity contribution in [3.05, 3.63) is 47.2 Å². The van der Waals surface area contributed by atoms with E-state index in [4.69, 9.17) is 14.3 Å². The van der Waals surface area contributed by atoms with E-state index in [0.29, 0.717) is 23.9 Å². The molecule has 0 saturated carbocycles. The summed E-state index contributed by atoms with van der Waals surface area (Å²) < 4.78 is 10.4. The second kappa shape index (κ2) is 6.95. The molecule has 0 radical (unpaired) electrons. The van der Waals surface area contributed by atoms with Crippen molar-refractivity contribution in [3.63, 3.8) is 0 Å². The monoisotopic (exact) mass is 318 g/mol. The third kappa shape index (κ3) is 4.32. The zero-order valence-corrected chi connectivity index (χ0v) is 13.2. The predicted molar refractivity (Wildman–Crippen MR) is 81.3 cm³/mol. The predicted octanol–water partition coefficient (Wildman–Crippen LogP) is 2.03. The molecule has 0 spiro atoms. The molecule has 122 valence electrons. The number of hydrogen-bond acceptors (Lipinski definition) is 5. The van der Waals surface area contributed by atoms with Gasteiger partial charge in [0.2, 0.25) is 5.76 Å². The van der Waals surface area contributed by atoms with Gasteiger partial charge in [-0.1, -0.05) is 12.1 Å². The van der Waals surface area contributed by atoms with Gasteiger partial charge in [0.1, 0.15) is 5.75 Å². The van der Waals surface area contributed by atoms with Crippen LogP contribution in [0.5, 0.6) is 5.75 Å². The first-order chi connectivity index (χ1) is 10.9. The van der Waals surface area contributed by atoms with E-state index < -0.39 is 5.97 Å². The molecule has 1 amide bonds. The van der Waals surface area contributed by atoms with Gasteiger partial charge in [0.15, 0.2) is 12.5 Å². The molecule has 1 aromatic heterocycles. The van der Waals surface area contributed by atoms with Crippen LogP contribution in [-0.2, 0) is 11.3 Å². The Hall–Kier alpha value is -2.83. The summed E-state index contributed by atoms with van der Waals surface area (Å²) in [6, 6.07) is 6.89. The van der Waals surface area contributed by atoms with E-state index in [2.05, 4.69) is 4.98 Å². The van der Waals surface area contributed by atoms with Gasteiger partial charge in [-0.2, -0.15) is 0 Å². The number of oxazole rings is 1. The van der Waals surface area contributed by atoms with Crippen molar-refractivity contribution in [1.82, 2.24) is 9.88 Å². The molecule has 0 bridgehead atoms.